The number of nitrogens with one attached hydrogen (secondary N) is 1. The number of aromatic nitrogens is 2. The van der Waals surface area contributed by atoms with Crippen molar-refractivity contribution in [3.8, 4) is 11.4 Å². The first-order valence-electron chi connectivity index (χ1n) is 9.49. The van der Waals surface area contributed by atoms with E-state index in [-0.39, 0.29) is 36.6 Å². The Bertz CT molecular complexity index is 737. The second-order valence-corrected chi connectivity index (χ2v) is 7.50. The Morgan fingerprint density at radius 2 is 1.89 bits per heavy atom. The summed E-state index contributed by atoms with van der Waals surface area (Å²) in [5, 5.41) is 6.94. The van der Waals surface area contributed by atoms with Gasteiger partial charge in [0, 0.05) is 18.7 Å². The fourth-order valence-electron chi connectivity index (χ4n) is 3.63. The van der Waals surface area contributed by atoms with E-state index in [1.54, 1.807) is 0 Å². The molecule has 0 aliphatic carbocycles. The molecule has 3 rings (SSSR count). The van der Waals surface area contributed by atoms with E-state index >= 15 is 0 Å². The van der Waals surface area contributed by atoms with Crippen molar-refractivity contribution in [3.05, 3.63) is 36.2 Å². The maximum absolute atomic E-state index is 12.9. The van der Waals surface area contributed by atoms with Gasteiger partial charge in [0.2, 0.25) is 17.6 Å². The standard InChI is InChI=1S/C20H28N4O3/c1-13(2)18(24-11-14(3)26-15(4)12-24)20(25)21-10-17-22-19(23-27-17)16-8-6-5-7-9-16/h5-9,13-15,18H,10-12H2,1-4H3,(H,21,25)/t14-,15-,18-/m1/s1. The van der Waals surface area contributed by atoms with Gasteiger partial charge in [-0.25, -0.2) is 0 Å². The van der Waals surface area contributed by atoms with Gasteiger partial charge in [-0.1, -0.05) is 49.3 Å². The van der Waals surface area contributed by atoms with Crippen molar-refractivity contribution in [2.45, 2.75) is 52.5 Å². The van der Waals surface area contributed by atoms with Gasteiger partial charge >= 0.3 is 0 Å². The third-order valence-electron chi connectivity index (χ3n) is 4.66. The molecule has 3 atom stereocenters. The first-order valence-corrected chi connectivity index (χ1v) is 9.49. The largest absolute Gasteiger partial charge is 0.373 e. The average Bonchev–Trinajstić information content (AvgIpc) is 3.09. The second kappa shape index (κ2) is 8.63. The smallest absolute Gasteiger partial charge is 0.246 e. The summed E-state index contributed by atoms with van der Waals surface area (Å²) in [6.07, 6.45) is 0.236. The van der Waals surface area contributed by atoms with Gasteiger partial charge in [-0.15, -0.1) is 0 Å². The van der Waals surface area contributed by atoms with Crippen LogP contribution in [-0.4, -0.2) is 52.3 Å². The molecule has 146 valence electrons. The molecule has 2 heterocycles. The van der Waals surface area contributed by atoms with E-state index in [1.807, 2.05) is 44.2 Å². The molecule has 0 bridgehead atoms. The molecule has 27 heavy (non-hydrogen) atoms. The molecule has 1 aromatic carbocycles. The Morgan fingerprint density at radius 3 is 2.52 bits per heavy atom. The Kier molecular flexibility index (Phi) is 6.23. The maximum Gasteiger partial charge on any atom is 0.246 e. The molecular weight excluding hydrogens is 344 g/mol. The van der Waals surface area contributed by atoms with E-state index in [2.05, 4.69) is 34.2 Å². The van der Waals surface area contributed by atoms with Crippen LogP contribution >= 0.6 is 0 Å². The number of hydrogen-bond donors (Lipinski definition) is 1. The van der Waals surface area contributed by atoms with Crippen molar-refractivity contribution in [2.75, 3.05) is 13.1 Å². The van der Waals surface area contributed by atoms with Gasteiger partial charge in [-0.05, 0) is 19.8 Å². The molecule has 7 nitrogen and oxygen atoms in total. The predicted molar refractivity (Wildman–Crippen MR) is 102 cm³/mol. The van der Waals surface area contributed by atoms with Gasteiger partial charge in [-0.3, -0.25) is 9.69 Å². The molecule has 7 heteroatoms. The zero-order valence-corrected chi connectivity index (χ0v) is 16.4. The molecule has 1 N–H and O–H groups in total. The van der Waals surface area contributed by atoms with Gasteiger partial charge in [0.05, 0.1) is 24.8 Å². The van der Waals surface area contributed by atoms with Gasteiger partial charge < -0.3 is 14.6 Å². The van der Waals surface area contributed by atoms with Crippen LogP contribution < -0.4 is 5.32 Å². The number of amides is 1. The van der Waals surface area contributed by atoms with Crippen molar-refractivity contribution < 1.29 is 14.1 Å². The molecule has 1 aliphatic rings. The molecular formula is C20H28N4O3. The Labute approximate surface area is 160 Å². The van der Waals surface area contributed by atoms with Gasteiger partial charge in [-0.2, -0.15) is 4.98 Å². The van der Waals surface area contributed by atoms with Crippen LogP contribution in [0.3, 0.4) is 0 Å². The number of rotatable bonds is 6. The summed E-state index contributed by atoms with van der Waals surface area (Å²) in [6.45, 7) is 9.93. The monoisotopic (exact) mass is 372 g/mol. The highest BCUT2D eigenvalue weighted by Gasteiger charge is 2.34. The summed E-state index contributed by atoms with van der Waals surface area (Å²) in [4.78, 5) is 19.4. The summed E-state index contributed by atoms with van der Waals surface area (Å²) in [5.74, 6) is 1.08. The van der Waals surface area contributed by atoms with E-state index in [1.165, 1.54) is 0 Å². The number of nitrogens with zero attached hydrogens (tertiary/aromatic N) is 3. The van der Waals surface area contributed by atoms with Crippen LogP contribution in [0.5, 0.6) is 0 Å². The Hall–Kier alpha value is -2.25. The number of carbonyl (C=O) groups excluding carboxylic acids is 1. The van der Waals surface area contributed by atoms with E-state index < -0.39 is 0 Å². The normalized spacial score (nSPS) is 22.0. The number of hydrogen-bond acceptors (Lipinski definition) is 6. The lowest BCUT2D eigenvalue weighted by molar-refractivity contribution is -0.135. The van der Waals surface area contributed by atoms with E-state index in [9.17, 15) is 4.79 Å². The van der Waals surface area contributed by atoms with Crippen molar-refractivity contribution >= 4 is 5.91 Å². The lowest BCUT2D eigenvalue weighted by atomic mass is 9.99. The summed E-state index contributed by atoms with van der Waals surface area (Å²) >= 11 is 0. The lowest BCUT2D eigenvalue weighted by Gasteiger charge is -2.40. The van der Waals surface area contributed by atoms with E-state index in [0.717, 1.165) is 18.7 Å². The third-order valence-corrected chi connectivity index (χ3v) is 4.66. The molecule has 1 fully saturated rings. The molecule has 1 amide bonds. The van der Waals surface area contributed by atoms with Crippen LogP contribution in [0, 0.1) is 5.92 Å². The first-order chi connectivity index (χ1) is 12.9. The fourth-order valence-corrected chi connectivity index (χ4v) is 3.63. The Morgan fingerprint density at radius 1 is 1.22 bits per heavy atom. The minimum Gasteiger partial charge on any atom is -0.373 e. The zero-order chi connectivity index (χ0) is 19.4. The maximum atomic E-state index is 12.9. The quantitative estimate of drug-likeness (QED) is 0.839. The highest BCUT2D eigenvalue weighted by Crippen LogP contribution is 2.19. The Balaban J connectivity index is 1.62. The van der Waals surface area contributed by atoms with Crippen LogP contribution in [0.4, 0.5) is 0 Å². The zero-order valence-electron chi connectivity index (χ0n) is 16.4. The summed E-state index contributed by atoms with van der Waals surface area (Å²) in [5.41, 5.74) is 0.884. The minimum absolute atomic E-state index is 0.0224. The van der Waals surface area contributed by atoms with Crippen LogP contribution in [0.1, 0.15) is 33.6 Å². The molecule has 0 unspecified atom stereocenters. The number of benzene rings is 1. The van der Waals surface area contributed by atoms with Gasteiger partial charge in [0.1, 0.15) is 0 Å². The van der Waals surface area contributed by atoms with Crippen LogP contribution in [-0.2, 0) is 16.1 Å². The highest BCUT2D eigenvalue weighted by atomic mass is 16.5. The number of carbonyl (C=O) groups is 1. The fraction of sp³-hybridized carbons (Fsp3) is 0.550. The molecule has 1 saturated heterocycles. The third kappa shape index (κ3) is 4.93. The van der Waals surface area contributed by atoms with Crippen molar-refractivity contribution in [1.82, 2.24) is 20.4 Å². The SMILES string of the molecule is CC(C)[C@H](C(=O)NCc1nc(-c2ccccc2)no1)N1C[C@@H](C)O[C@H](C)C1. The topological polar surface area (TPSA) is 80.5 Å². The predicted octanol–water partition coefficient (Wildman–Crippen LogP) is 2.49. The van der Waals surface area contributed by atoms with Gasteiger partial charge in [0.15, 0.2) is 0 Å². The molecule has 0 radical (unpaired) electrons. The van der Waals surface area contributed by atoms with Crippen molar-refractivity contribution in [3.63, 3.8) is 0 Å². The van der Waals surface area contributed by atoms with E-state index in [0.29, 0.717) is 11.7 Å². The molecule has 0 saturated carbocycles. The second-order valence-electron chi connectivity index (χ2n) is 7.50. The molecule has 0 spiro atoms. The van der Waals surface area contributed by atoms with Gasteiger partial charge in [0.25, 0.3) is 0 Å². The van der Waals surface area contributed by atoms with Crippen LogP contribution in [0.15, 0.2) is 34.9 Å². The number of morpholine rings is 1. The summed E-state index contributed by atoms with van der Waals surface area (Å²) in [7, 11) is 0. The molecule has 2 aromatic rings. The van der Waals surface area contributed by atoms with Crippen molar-refractivity contribution in [2.24, 2.45) is 5.92 Å². The first kappa shape index (κ1) is 19.5. The van der Waals surface area contributed by atoms with E-state index in [4.69, 9.17) is 9.26 Å². The minimum atomic E-state index is -0.213. The molecule has 1 aliphatic heterocycles. The molecule has 1 aromatic heterocycles. The van der Waals surface area contributed by atoms with Crippen LogP contribution in [0.2, 0.25) is 0 Å². The van der Waals surface area contributed by atoms with Crippen molar-refractivity contribution in [1.29, 1.82) is 0 Å². The summed E-state index contributed by atoms with van der Waals surface area (Å²) in [6, 6.07) is 9.40. The summed E-state index contributed by atoms with van der Waals surface area (Å²) < 4.78 is 11.1. The number of ether oxygens (including phenoxy) is 1. The lowest BCUT2D eigenvalue weighted by Crippen LogP contribution is -2.56. The average molecular weight is 372 g/mol. The highest BCUT2D eigenvalue weighted by molar-refractivity contribution is 5.82. The van der Waals surface area contributed by atoms with Crippen LogP contribution in [0.25, 0.3) is 11.4 Å².